The minimum Gasteiger partial charge on any atom is -0.291 e. The molecule has 3 aromatic rings. The molecule has 1 aromatic heterocycles. The highest BCUT2D eigenvalue weighted by atomic mass is 31.2. The molecule has 8 heteroatoms. The zero-order valence-electron chi connectivity index (χ0n) is 14.5. The predicted molar refractivity (Wildman–Crippen MR) is 100 cm³/mol. The van der Waals surface area contributed by atoms with Crippen molar-refractivity contribution < 1.29 is 13.6 Å². The Labute approximate surface area is 150 Å². The molecule has 0 spiro atoms. The molecule has 0 unspecified atom stereocenters. The van der Waals surface area contributed by atoms with E-state index in [1.54, 1.807) is 62.4 Å². The first kappa shape index (κ1) is 18.3. The van der Waals surface area contributed by atoms with E-state index in [2.05, 4.69) is 0 Å². The fourth-order valence-corrected chi connectivity index (χ4v) is 4.42. The molecule has 7 nitrogen and oxygen atoms in total. The van der Waals surface area contributed by atoms with Crippen molar-refractivity contribution in [3.63, 3.8) is 0 Å². The molecule has 1 heterocycles. The van der Waals surface area contributed by atoms with Gasteiger partial charge in [0.05, 0.1) is 29.7 Å². The topological polar surface area (TPSA) is 79.5 Å². The fourth-order valence-electron chi connectivity index (χ4n) is 2.74. The number of rotatable bonds is 6. The summed E-state index contributed by atoms with van der Waals surface area (Å²) in [6, 6.07) is 14.9. The van der Waals surface area contributed by atoms with Crippen molar-refractivity contribution in [1.82, 2.24) is 9.13 Å². The largest absolute Gasteiger partial charge is 0.457 e. The van der Waals surface area contributed by atoms with Crippen LogP contribution in [0.15, 0.2) is 64.2 Å². The lowest BCUT2D eigenvalue weighted by atomic mass is 10.2. The van der Waals surface area contributed by atoms with E-state index in [0.29, 0.717) is 5.69 Å². The lowest BCUT2D eigenvalue weighted by Gasteiger charge is -2.23. The second-order valence-electron chi connectivity index (χ2n) is 5.40. The highest BCUT2D eigenvalue weighted by Crippen LogP contribution is 2.48. The second kappa shape index (κ2) is 7.41. The Kier molecular flexibility index (Phi) is 5.23. The fraction of sp³-hybridized carbons (Fsp3) is 0.222. The Balaban J connectivity index is 2.51. The normalized spacial score (nSPS) is 11.8. The minimum atomic E-state index is -4.08. The maximum Gasteiger partial charge on any atom is 0.457 e. The van der Waals surface area contributed by atoms with Crippen molar-refractivity contribution in [2.45, 2.75) is 13.8 Å². The van der Waals surface area contributed by atoms with Gasteiger partial charge in [0.1, 0.15) is 0 Å². The van der Waals surface area contributed by atoms with Crippen LogP contribution in [-0.4, -0.2) is 22.3 Å². The molecule has 0 aliphatic heterocycles. The summed E-state index contributed by atoms with van der Waals surface area (Å²) < 4.78 is 25.9. The number of hydrogen-bond donors (Lipinski definition) is 0. The van der Waals surface area contributed by atoms with Crippen LogP contribution < -0.4 is 11.1 Å². The Morgan fingerprint density at radius 3 is 1.85 bits per heavy atom. The lowest BCUT2D eigenvalue weighted by Crippen LogP contribution is -2.37. The van der Waals surface area contributed by atoms with Crippen LogP contribution in [0.5, 0.6) is 0 Å². The molecule has 0 atom stereocenters. The van der Waals surface area contributed by atoms with Gasteiger partial charge in [-0.2, -0.15) is 0 Å². The summed E-state index contributed by atoms with van der Waals surface area (Å²) in [5.74, 6) is 0. The van der Waals surface area contributed by atoms with E-state index in [9.17, 15) is 14.2 Å². The summed E-state index contributed by atoms with van der Waals surface area (Å²) in [5, 5.41) is 0.390. The molecule has 3 rings (SSSR count). The predicted octanol–water partition coefficient (Wildman–Crippen LogP) is 3.18. The molecule has 0 fully saturated rings. The zero-order chi connectivity index (χ0) is 18.7. The molecule has 0 radical (unpaired) electrons. The molecule has 0 N–H and O–H groups in total. The molecule has 136 valence electrons. The maximum atomic E-state index is 13.4. The van der Waals surface area contributed by atoms with Crippen LogP contribution in [0, 0.1) is 0 Å². The molecular weight excluding hydrogens is 355 g/mol. The number of aromatic nitrogens is 2. The molecule has 0 saturated carbocycles. The van der Waals surface area contributed by atoms with Crippen molar-refractivity contribution >= 4 is 18.5 Å². The van der Waals surface area contributed by atoms with Crippen molar-refractivity contribution in [3.05, 3.63) is 75.3 Å². The summed E-state index contributed by atoms with van der Waals surface area (Å²) in [4.78, 5) is 26.3. The zero-order valence-corrected chi connectivity index (χ0v) is 15.4. The van der Waals surface area contributed by atoms with Crippen LogP contribution in [0.25, 0.3) is 16.5 Å². The summed E-state index contributed by atoms with van der Waals surface area (Å²) in [6.07, 6.45) is 0. The van der Waals surface area contributed by atoms with E-state index < -0.39 is 18.9 Å². The Morgan fingerprint density at radius 2 is 1.31 bits per heavy atom. The molecule has 0 amide bonds. The maximum absolute atomic E-state index is 13.4. The first-order valence-electron chi connectivity index (χ1n) is 8.26. The number of nitrogens with zero attached hydrogens (tertiary/aromatic N) is 2. The average Bonchev–Trinajstić information content (AvgIpc) is 2.65. The van der Waals surface area contributed by atoms with Crippen LogP contribution in [0.3, 0.4) is 0 Å². The van der Waals surface area contributed by atoms with E-state index in [-0.39, 0.29) is 24.0 Å². The van der Waals surface area contributed by atoms with Gasteiger partial charge in [0, 0.05) is 0 Å². The van der Waals surface area contributed by atoms with Crippen LogP contribution in [0.2, 0.25) is 0 Å². The van der Waals surface area contributed by atoms with Gasteiger partial charge in [-0.05, 0) is 38.1 Å². The van der Waals surface area contributed by atoms with Gasteiger partial charge in [0.2, 0.25) is 0 Å². The third-order valence-electron chi connectivity index (χ3n) is 3.77. The minimum absolute atomic E-state index is 0.0551. The highest BCUT2D eigenvalue weighted by Gasteiger charge is 2.33. The molecule has 2 aromatic carbocycles. The summed E-state index contributed by atoms with van der Waals surface area (Å²) in [7, 11) is -4.08. The van der Waals surface area contributed by atoms with E-state index in [1.165, 1.54) is 6.07 Å². The SMILES string of the molecule is CCOP(=O)(OCC)n1c(=O)c2ccccc2c(=O)n1-c1ccccc1. The van der Waals surface area contributed by atoms with Crippen LogP contribution >= 0.6 is 7.75 Å². The smallest absolute Gasteiger partial charge is 0.291 e. The Bertz CT molecular complexity index is 1080. The lowest BCUT2D eigenvalue weighted by molar-refractivity contribution is 0.205. The monoisotopic (exact) mass is 374 g/mol. The van der Waals surface area contributed by atoms with Gasteiger partial charge in [-0.25, -0.2) is 9.25 Å². The molecular formula is C18H19N2O5P. The molecule has 0 aliphatic rings. The van der Waals surface area contributed by atoms with Gasteiger partial charge >= 0.3 is 7.75 Å². The molecule has 0 aliphatic carbocycles. The summed E-state index contributed by atoms with van der Waals surface area (Å²) in [6.45, 7) is 3.39. The molecule has 26 heavy (non-hydrogen) atoms. The summed E-state index contributed by atoms with van der Waals surface area (Å²) >= 11 is 0. The highest BCUT2D eigenvalue weighted by molar-refractivity contribution is 7.52. The number of fused-ring (bicyclic) bond motifs is 1. The quantitative estimate of drug-likeness (QED) is 0.619. The van der Waals surface area contributed by atoms with Crippen molar-refractivity contribution in [2.24, 2.45) is 0 Å². The van der Waals surface area contributed by atoms with E-state index in [4.69, 9.17) is 9.05 Å². The van der Waals surface area contributed by atoms with Gasteiger partial charge in [-0.3, -0.25) is 18.6 Å². The van der Waals surface area contributed by atoms with Crippen LogP contribution in [0.1, 0.15) is 13.8 Å². The van der Waals surface area contributed by atoms with E-state index in [1.807, 2.05) is 0 Å². The molecule has 0 saturated heterocycles. The third kappa shape index (κ3) is 3.05. The van der Waals surface area contributed by atoms with Gasteiger partial charge in [-0.1, -0.05) is 30.3 Å². The number of benzene rings is 2. The van der Waals surface area contributed by atoms with Crippen molar-refractivity contribution in [1.29, 1.82) is 0 Å². The Morgan fingerprint density at radius 1 is 0.808 bits per heavy atom. The Hall–Kier alpha value is -2.47. The van der Waals surface area contributed by atoms with Crippen LogP contribution in [0.4, 0.5) is 0 Å². The average molecular weight is 374 g/mol. The first-order valence-corrected chi connectivity index (χ1v) is 9.75. The van der Waals surface area contributed by atoms with E-state index >= 15 is 0 Å². The third-order valence-corrected chi connectivity index (χ3v) is 5.76. The van der Waals surface area contributed by atoms with Gasteiger partial charge in [-0.15, -0.1) is 4.45 Å². The van der Waals surface area contributed by atoms with Crippen LogP contribution in [-0.2, 0) is 13.6 Å². The van der Waals surface area contributed by atoms with Gasteiger partial charge in [0.25, 0.3) is 11.1 Å². The van der Waals surface area contributed by atoms with Gasteiger partial charge < -0.3 is 0 Å². The van der Waals surface area contributed by atoms with Gasteiger partial charge in [0.15, 0.2) is 0 Å². The number of hydrogen-bond acceptors (Lipinski definition) is 5. The standard InChI is InChI=1S/C18H19N2O5P/c1-3-24-26(23,25-4-2)20-18(22)16-13-9-8-12-15(16)17(21)19(20)14-10-6-5-7-11-14/h5-13H,3-4H2,1-2H3. The van der Waals surface area contributed by atoms with E-state index in [0.717, 1.165) is 9.13 Å². The number of para-hydroxylation sites is 1. The first-order chi connectivity index (χ1) is 12.5. The van der Waals surface area contributed by atoms with Crippen molar-refractivity contribution in [3.8, 4) is 5.69 Å². The summed E-state index contributed by atoms with van der Waals surface area (Å²) in [5.41, 5.74) is -0.708. The second-order valence-corrected chi connectivity index (χ2v) is 7.23. The van der Waals surface area contributed by atoms with Crippen molar-refractivity contribution in [2.75, 3.05) is 13.2 Å². The molecule has 0 bridgehead atoms.